The Balaban J connectivity index is 2.61. The van der Waals surface area contributed by atoms with E-state index < -0.39 is 17.8 Å². The van der Waals surface area contributed by atoms with Crippen LogP contribution >= 0.6 is 0 Å². The van der Waals surface area contributed by atoms with Crippen LogP contribution in [-0.4, -0.2) is 42.9 Å². The minimum Gasteiger partial charge on any atom is -0.462 e. The molecule has 0 fully saturated rings. The van der Waals surface area contributed by atoms with Gasteiger partial charge in [-0.3, -0.25) is 9.59 Å². The minimum atomic E-state index is -0.692. The van der Waals surface area contributed by atoms with Gasteiger partial charge >= 0.3 is 17.8 Å². The van der Waals surface area contributed by atoms with Crippen molar-refractivity contribution in [3.05, 3.63) is 29.8 Å². The maximum Gasteiger partial charge on any atom is 0.338 e. The highest BCUT2D eigenvalue weighted by atomic mass is 16.5. The van der Waals surface area contributed by atoms with Gasteiger partial charge < -0.3 is 15.0 Å². The molecule has 0 saturated carbocycles. The number of likely N-dealkylation sites (N-methyl/N-ethyl adjacent to an activating group) is 1. The Morgan fingerprint density at radius 3 is 2.32 bits per heavy atom. The van der Waals surface area contributed by atoms with Crippen molar-refractivity contribution in [2.75, 3.05) is 25.5 Å². The van der Waals surface area contributed by atoms with Gasteiger partial charge in [0.15, 0.2) is 0 Å². The summed E-state index contributed by atoms with van der Waals surface area (Å²) < 4.78 is 4.87. The molecule has 0 spiro atoms. The molecule has 0 aromatic heterocycles. The van der Waals surface area contributed by atoms with E-state index in [0.29, 0.717) is 24.4 Å². The Kier molecular flexibility index (Phi) is 7.08. The monoisotopic (exact) mass is 306 g/mol. The minimum absolute atomic E-state index is 0.302. The second-order valence-corrected chi connectivity index (χ2v) is 4.83. The third-order valence-electron chi connectivity index (χ3n) is 3.04. The Morgan fingerprint density at radius 1 is 1.14 bits per heavy atom. The number of anilines is 1. The van der Waals surface area contributed by atoms with Crippen molar-refractivity contribution >= 4 is 23.5 Å². The van der Waals surface area contributed by atoms with E-state index in [4.69, 9.17) is 4.74 Å². The topological polar surface area (TPSA) is 75.7 Å². The van der Waals surface area contributed by atoms with E-state index in [1.165, 1.54) is 4.90 Å². The van der Waals surface area contributed by atoms with Crippen molar-refractivity contribution < 1.29 is 19.1 Å². The molecule has 1 aromatic rings. The van der Waals surface area contributed by atoms with Gasteiger partial charge in [-0.05, 0) is 37.6 Å². The summed E-state index contributed by atoms with van der Waals surface area (Å²) in [5.41, 5.74) is 0.849. The van der Waals surface area contributed by atoms with Crippen LogP contribution in [-0.2, 0) is 14.3 Å². The first-order valence-electron chi connectivity index (χ1n) is 7.33. The molecular formula is C16H22N2O4. The first kappa shape index (κ1) is 17.7. The van der Waals surface area contributed by atoms with Crippen molar-refractivity contribution in [3.8, 4) is 0 Å². The van der Waals surface area contributed by atoms with Gasteiger partial charge in [0, 0.05) is 19.3 Å². The average molecular weight is 306 g/mol. The Morgan fingerprint density at radius 2 is 1.77 bits per heavy atom. The molecule has 6 heteroatoms. The van der Waals surface area contributed by atoms with Crippen LogP contribution < -0.4 is 5.32 Å². The van der Waals surface area contributed by atoms with Crippen LogP contribution in [0.2, 0.25) is 0 Å². The van der Waals surface area contributed by atoms with E-state index in [-0.39, 0.29) is 0 Å². The molecular weight excluding hydrogens is 284 g/mol. The molecule has 0 aliphatic heterocycles. The van der Waals surface area contributed by atoms with Gasteiger partial charge in [0.05, 0.1) is 12.2 Å². The van der Waals surface area contributed by atoms with Crippen molar-refractivity contribution in [1.82, 2.24) is 4.90 Å². The predicted molar refractivity (Wildman–Crippen MR) is 83.6 cm³/mol. The van der Waals surface area contributed by atoms with Crippen molar-refractivity contribution in [1.29, 1.82) is 0 Å². The summed E-state index contributed by atoms with van der Waals surface area (Å²) >= 11 is 0. The standard InChI is InChI=1S/C16H22N2O4/c1-4-6-11-18(3)15(20)14(19)17-13-9-7-12(8-10-13)16(21)22-5-2/h7-10H,4-6,11H2,1-3H3,(H,17,19). The number of rotatable bonds is 6. The molecule has 0 radical (unpaired) electrons. The van der Waals surface area contributed by atoms with Gasteiger partial charge in [-0.2, -0.15) is 0 Å². The van der Waals surface area contributed by atoms with Gasteiger partial charge in [-0.25, -0.2) is 4.79 Å². The van der Waals surface area contributed by atoms with Crippen LogP contribution in [0.4, 0.5) is 5.69 Å². The fourth-order valence-corrected chi connectivity index (χ4v) is 1.76. The van der Waals surface area contributed by atoms with Gasteiger partial charge in [0.2, 0.25) is 0 Å². The number of amides is 2. The van der Waals surface area contributed by atoms with Gasteiger partial charge in [0.25, 0.3) is 0 Å². The summed E-state index contributed by atoms with van der Waals surface area (Å²) in [4.78, 5) is 36.6. The molecule has 0 atom stereocenters. The highest BCUT2D eigenvalue weighted by Crippen LogP contribution is 2.11. The van der Waals surface area contributed by atoms with Crippen molar-refractivity contribution in [2.45, 2.75) is 26.7 Å². The fraction of sp³-hybridized carbons (Fsp3) is 0.438. The normalized spacial score (nSPS) is 9.95. The van der Waals surface area contributed by atoms with Crippen LogP contribution in [0.25, 0.3) is 0 Å². The number of esters is 1. The number of unbranched alkanes of at least 4 members (excludes halogenated alkanes) is 1. The number of hydrogen-bond acceptors (Lipinski definition) is 4. The van der Waals surface area contributed by atoms with E-state index in [0.717, 1.165) is 12.8 Å². The lowest BCUT2D eigenvalue weighted by molar-refractivity contribution is -0.142. The Hall–Kier alpha value is -2.37. The third-order valence-corrected chi connectivity index (χ3v) is 3.04. The lowest BCUT2D eigenvalue weighted by Crippen LogP contribution is -2.37. The van der Waals surface area contributed by atoms with Crippen molar-refractivity contribution in [3.63, 3.8) is 0 Å². The number of nitrogens with one attached hydrogen (secondary N) is 1. The second kappa shape index (κ2) is 8.81. The van der Waals surface area contributed by atoms with Crippen molar-refractivity contribution in [2.24, 2.45) is 0 Å². The molecule has 0 aliphatic carbocycles. The van der Waals surface area contributed by atoms with Crippen LogP contribution in [0.15, 0.2) is 24.3 Å². The summed E-state index contributed by atoms with van der Waals surface area (Å²) in [6.45, 7) is 4.59. The maximum atomic E-state index is 11.9. The van der Waals surface area contributed by atoms with E-state index in [2.05, 4.69) is 5.32 Å². The van der Waals surface area contributed by atoms with Crippen LogP contribution in [0.5, 0.6) is 0 Å². The SMILES string of the molecule is CCCCN(C)C(=O)C(=O)Nc1ccc(C(=O)OCC)cc1. The van der Waals surface area contributed by atoms with E-state index in [9.17, 15) is 14.4 Å². The molecule has 0 bridgehead atoms. The number of benzene rings is 1. The Labute approximate surface area is 130 Å². The third kappa shape index (κ3) is 5.20. The molecule has 22 heavy (non-hydrogen) atoms. The lowest BCUT2D eigenvalue weighted by Gasteiger charge is -2.16. The zero-order valence-corrected chi connectivity index (χ0v) is 13.2. The van der Waals surface area contributed by atoms with Gasteiger partial charge in [-0.1, -0.05) is 13.3 Å². The van der Waals surface area contributed by atoms with E-state index in [1.807, 2.05) is 6.92 Å². The molecule has 0 unspecified atom stereocenters. The smallest absolute Gasteiger partial charge is 0.338 e. The molecule has 0 heterocycles. The maximum absolute atomic E-state index is 11.9. The zero-order chi connectivity index (χ0) is 16.5. The average Bonchev–Trinajstić information content (AvgIpc) is 2.52. The molecule has 120 valence electrons. The lowest BCUT2D eigenvalue weighted by atomic mass is 10.2. The molecule has 1 rings (SSSR count). The summed E-state index contributed by atoms with van der Waals surface area (Å²) in [6, 6.07) is 6.20. The van der Waals surface area contributed by atoms with Crippen LogP contribution in [0.1, 0.15) is 37.0 Å². The first-order chi connectivity index (χ1) is 10.5. The summed E-state index contributed by atoms with van der Waals surface area (Å²) in [6.07, 6.45) is 1.80. The quantitative estimate of drug-likeness (QED) is 0.645. The molecule has 0 saturated heterocycles. The molecule has 1 N–H and O–H groups in total. The van der Waals surface area contributed by atoms with E-state index in [1.54, 1.807) is 38.2 Å². The van der Waals surface area contributed by atoms with Crippen LogP contribution in [0.3, 0.4) is 0 Å². The summed E-state index contributed by atoms with van der Waals surface area (Å²) in [5, 5.41) is 2.51. The van der Waals surface area contributed by atoms with Gasteiger partial charge in [-0.15, -0.1) is 0 Å². The summed E-state index contributed by atoms with van der Waals surface area (Å²) in [7, 11) is 1.60. The highest BCUT2D eigenvalue weighted by Gasteiger charge is 2.18. The molecule has 0 aliphatic rings. The number of carbonyl (C=O) groups is 3. The fourth-order valence-electron chi connectivity index (χ4n) is 1.76. The Bertz CT molecular complexity index is 525. The van der Waals surface area contributed by atoms with Gasteiger partial charge in [0.1, 0.15) is 0 Å². The highest BCUT2D eigenvalue weighted by molar-refractivity contribution is 6.39. The zero-order valence-electron chi connectivity index (χ0n) is 13.2. The number of nitrogens with zero attached hydrogens (tertiary/aromatic N) is 1. The summed E-state index contributed by atoms with van der Waals surface area (Å²) in [5.74, 6) is -1.69. The second-order valence-electron chi connectivity index (χ2n) is 4.83. The van der Waals surface area contributed by atoms with E-state index >= 15 is 0 Å². The first-order valence-corrected chi connectivity index (χ1v) is 7.33. The molecule has 1 aromatic carbocycles. The largest absolute Gasteiger partial charge is 0.462 e. The van der Waals surface area contributed by atoms with Crippen LogP contribution in [0, 0.1) is 0 Å². The number of carbonyl (C=O) groups excluding carboxylic acids is 3. The number of ether oxygens (including phenoxy) is 1. The number of hydrogen-bond donors (Lipinski definition) is 1. The molecule has 6 nitrogen and oxygen atoms in total. The molecule has 2 amide bonds. The predicted octanol–water partition coefficient (Wildman–Crippen LogP) is 2.06.